The molecule has 0 amide bonds. The Hall–Kier alpha value is -2.90. The second-order valence-electron chi connectivity index (χ2n) is 7.48. The van der Waals surface area contributed by atoms with Crippen molar-refractivity contribution >= 4 is 17.1 Å². The van der Waals surface area contributed by atoms with E-state index in [1.165, 1.54) is 65.2 Å². The van der Waals surface area contributed by atoms with Crippen molar-refractivity contribution in [2.75, 3.05) is 53.0 Å². The molecule has 2 unspecified atom stereocenters. The predicted molar refractivity (Wildman–Crippen MR) is 104 cm³/mol. The number of hydrogen-bond donors (Lipinski definition) is 1. The van der Waals surface area contributed by atoms with Gasteiger partial charge in [-0.05, 0) is 6.42 Å². The van der Waals surface area contributed by atoms with E-state index < -0.39 is 37.6 Å². The summed E-state index contributed by atoms with van der Waals surface area (Å²) in [5.74, 6) is -1.46. The third-order valence-electron chi connectivity index (χ3n) is 5.14. The van der Waals surface area contributed by atoms with Gasteiger partial charge in [0, 0.05) is 39.0 Å². The predicted octanol–water partition coefficient (Wildman–Crippen LogP) is -0.255. The van der Waals surface area contributed by atoms with Gasteiger partial charge in [-0.3, -0.25) is 40.1 Å². The zero-order valence-corrected chi connectivity index (χ0v) is 16.8. The Morgan fingerprint density at radius 3 is 1.63 bits per heavy atom. The highest BCUT2D eigenvalue weighted by atomic mass is 16.6. The first kappa shape index (κ1) is 23.4. The fourth-order valence-corrected chi connectivity index (χ4v) is 3.60. The molecule has 13 nitrogen and oxygen atoms in total. The summed E-state index contributed by atoms with van der Waals surface area (Å²) in [5.41, 5.74) is -3.26. The molecule has 1 aromatic carbocycles. The summed E-state index contributed by atoms with van der Waals surface area (Å²) in [6, 6.07) is 0.769. The topological polar surface area (TPSA) is 163 Å². The highest BCUT2D eigenvalue weighted by Gasteiger charge is 2.24. The maximum absolute atomic E-state index is 11.1. The molecule has 2 fully saturated rings. The lowest BCUT2D eigenvalue weighted by Crippen LogP contribution is -3.09. The van der Waals surface area contributed by atoms with Gasteiger partial charge in [0.1, 0.15) is 0 Å². The normalized spacial score (nSPS) is 24.1. The van der Waals surface area contributed by atoms with E-state index in [-0.39, 0.29) is 0 Å². The van der Waals surface area contributed by atoms with Crippen LogP contribution in [0.25, 0.3) is 0 Å². The average Bonchev–Trinajstić information content (AvgIpc) is 2.68. The van der Waals surface area contributed by atoms with Crippen molar-refractivity contribution < 1.29 is 24.8 Å². The molecular weight excluding hydrogens is 400 g/mol. The summed E-state index contributed by atoms with van der Waals surface area (Å²) in [7, 11) is 2.34. The van der Waals surface area contributed by atoms with Crippen LogP contribution in [0.4, 0.5) is 17.1 Å². The smallest absolute Gasteiger partial charge is 0.283 e. The molecule has 1 aromatic rings. The number of rotatable bonds is 3. The number of quaternary nitrogens is 1. The van der Waals surface area contributed by atoms with Crippen molar-refractivity contribution in [3.05, 3.63) is 42.5 Å². The first-order chi connectivity index (χ1) is 14.2. The minimum Gasteiger partial charge on any atom is -0.863 e. The van der Waals surface area contributed by atoms with Crippen LogP contribution in [0.5, 0.6) is 5.75 Å². The van der Waals surface area contributed by atoms with Crippen LogP contribution in [0.1, 0.15) is 19.3 Å². The molecule has 0 saturated carbocycles. The Balaban J connectivity index is 0.000000215. The van der Waals surface area contributed by atoms with Crippen LogP contribution >= 0.6 is 0 Å². The number of nitrogens with zero attached hydrogens (tertiary/aromatic N) is 5. The van der Waals surface area contributed by atoms with Crippen LogP contribution in [-0.4, -0.2) is 77.6 Å². The van der Waals surface area contributed by atoms with Crippen molar-refractivity contribution in [2.24, 2.45) is 0 Å². The van der Waals surface area contributed by atoms with E-state index >= 15 is 0 Å². The highest BCUT2D eigenvalue weighted by molar-refractivity contribution is 5.63. The summed E-state index contributed by atoms with van der Waals surface area (Å²) < 4.78 is 0. The molecule has 166 valence electrons. The van der Waals surface area contributed by atoms with Gasteiger partial charge in [-0.15, -0.1) is 0 Å². The van der Waals surface area contributed by atoms with Crippen LogP contribution in [0.3, 0.4) is 0 Å². The molecule has 2 saturated heterocycles. The van der Waals surface area contributed by atoms with Crippen LogP contribution in [-0.2, 0) is 0 Å². The maximum atomic E-state index is 11.1. The molecule has 0 aliphatic carbocycles. The standard InChI is InChI=1S/C11H23N3.C6H3N3O7/c1-12-5-2-7-13-9-4-10-14(11-13)8-3-6-12;10-6-4(8(13)14)1-3(7(11)12)2-5(6)9(15)16/h2-11H2,1H3;1-2,10H. The fourth-order valence-electron chi connectivity index (χ4n) is 3.60. The molecule has 0 aromatic heterocycles. The fraction of sp³-hybridized carbons (Fsp3) is 0.647. The van der Waals surface area contributed by atoms with E-state index in [9.17, 15) is 35.4 Å². The Labute approximate surface area is 172 Å². The summed E-state index contributed by atoms with van der Waals surface area (Å²) in [5, 5.41) is 42.1. The van der Waals surface area contributed by atoms with Crippen molar-refractivity contribution in [3.8, 4) is 5.75 Å². The van der Waals surface area contributed by atoms with E-state index in [1.54, 1.807) is 4.90 Å². The third-order valence-corrected chi connectivity index (χ3v) is 5.14. The minimum absolute atomic E-state index is 0.384. The molecular formula is C17H26N6O7. The summed E-state index contributed by atoms with van der Waals surface area (Å²) >= 11 is 0. The van der Waals surface area contributed by atoms with Crippen LogP contribution in [0, 0.1) is 30.3 Å². The first-order valence-electron chi connectivity index (χ1n) is 9.73. The van der Waals surface area contributed by atoms with Crippen molar-refractivity contribution in [1.29, 1.82) is 0 Å². The van der Waals surface area contributed by atoms with Gasteiger partial charge in [0.2, 0.25) is 0 Å². The Morgan fingerprint density at radius 1 is 0.800 bits per heavy atom. The van der Waals surface area contributed by atoms with E-state index in [0.29, 0.717) is 12.1 Å². The SMILES string of the molecule is C[NH+]1CCCN2CCCN(CCC1)C2.O=[N+]([O-])c1cc([N+](=O)[O-])c([O-])c([N+](=O)[O-])c1. The van der Waals surface area contributed by atoms with E-state index in [1.807, 2.05) is 0 Å². The lowest BCUT2D eigenvalue weighted by Gasteiger charge is -2.36. The number of nitrogens with one attached hydrogen (secondary N) is 1. The van der Waals surface area contributed by atoms with Crippen molar-refractivity contribution in [1.82, 2.24) is 9.80 Å². The molecule has 30 heavy (non-hydrogen) atoms. The van der Waals surface area contributed by atoms with Crippen LogP contribution in [0.15, 0.2) is 12.1 Å². The van der Waals surface area contributed by atoms with Gasteiger partial charge in [0.05, 0.1) is 59.5 Å². The van der Waals surface area contributed by atoms with Gasteiger partial charge in [-0.2, -0.15) is 0 Å². The molecule has 0 radical (unpaired) electrons. The van der Waals surface area contributed by atoms with Gasteiger partial charge in [-0.25, -0.2) is 0 Å². The monoisotopic (exact) mass is 426 g/mol. The summed E-state index contributed by atoms with van der Waals surface area (Å²) in [6.45, 7) is 9.23. The molecule has 2 aliphatic heterocycles. The summed E-state index contributed by atoms with van der Waals surface area (Å²) in [6.07, 6.45) is 4.13. The largest absolute Gasteiger partial charge is 0.863 e. The first-order valence-corrected chi connectivity index (χ1v) is 9.73. The maximum Gasteiger partial charge on any atom is 0.283 e. The number of benzene rings is 1. The molecule has 3 rings (SSSR count). The van der Waals surface area contributed by atoms with Gasteiger partial charge in [0.25, 0.3) is 17.1 Å². The zero-order chi connectivity index (χ0) is 22.3. The van der Waals surface area contributed by atoms with Gasteiger partial charge in [0.15, 0.2) is 0 Å². The highest BCUT2D eigenvalue weighted by Crippen LogP contribution is 2.36. The molecule has 13 heteroatoms. The van der Waals surface area contributed by atoms with Crippen LogP contribution < -0.4 is 10.0 Å². The number of fused-ring (bicyclic) bond motifs is 2. The molecule has 2 bridgehead atoms. The van der Waals surface area contributed by atoms with Gasteiger partial charge >= 0.3 is 0 Å². The van der Waals surface area contributed by atoms with Gasteiger partial charge in [-0.1, -0.05) is 0 Å². The minimum atomic E-state index is -1.46. The summed E-state index contributed by atoms with van der Waals surface area (Å²) in [4.78, 5) is 34.5. The Kier molecular flexibility index (Phi) is 8.38. The Bertz CT molecular complexity index is 739. The second-order valence-corrected chi connectivity index (χ2v) is 7.48. The third kappa shape index (κ3) is 6.57. The molecule has 2 atom stereocenters. The lowest BCUT2D eigenvalue weighted by molar-refractivity contribution is -0.880. The van der Waals surface area contributed by atoms with E-state index in [4.69, 9.17) is 0 Å². The number of nitro groups is 3. The quantitative estimate of drug-likeness (QED) is 0.507. The average molecular weight is 426 g/mol. The molecule has 1 N–H and O–H groups in total. The number of non-ortho nitro benzene ring substituents is 1. The van der Waals surface area contributed by atoms with Crippen LogP contribution in [0.2, 0.25) is 0 Å². The molecule has 0 spiro atoms. The molecule has 2 heterocycles. The Morgan fingerprint density at radius 2 is 1.23 bits per heavy atom. The van der Waals surface area contributed by atoms with E-state index in [2.05, 4.69) is 16.8 Å². The van der Waals surface area contributed by atoms with E-state index in [0.717, 1.165) is 0 Å². The lowest BCUT2D eigenvalue weighted by atomic mass is 10.2. The number of nitro benzene ring substituents is 3. The second kappa shape index (κ2) is 10.8. The number of hydrogen-bond acceptors (Lipinski definition) is 9. The van der Waals surface area contributed by atoms with Gasteiger partial charge < -0.3 is 10.0 Å². The molecule has 2 aliphatic rings. The zero-order valence-electron chi connectivity index (χ0n) is 16.8. The van der Waals surface area contributed by atoms with Crippen molar-refractivity contribution in [2.45, 2.75) is 19.3 Å². The van der Waals surface area contributed by atoms with Crippen molar-refractivity contribution in [3.63, 3.8) is 0 Å².